The molecule has 0 saturated carbocycles. The Morgan fingerprint density at radius 3 is 3.00 bits per heavy atom. The minimum absolute atomic E-state index is 0.448. The molecule has 2 atom stereocenters. The predicted molar refractivity (Wildman–Crippen MR) is 72.5 cm³/mol. The molecular formula is C14H20N4. The molecule has 1 saturated heterocycles. The number of hydrogen-bond donors (Lipinski definition) is 1. The van der Waals surface area contributed by atoms with Gasteiger partial charge in [-0.1, -0.05) is 13.8 Å². The van der Waals surface area contributed by atoms with Gasteiger partial charge in [0.25, 0.3) is 0 Å². The second kappa shape index (κ2) is 5.83. The SMILES string of the molecule is CCC1CN(c2cnccc2C#N)C(CC)CN1. The number of piperazine rings is 1. The zero-order valence-electron chi connectivity index (χ0n) is 11.1. The molecule has 1 aliphatic rings. The molecule has 0 aromatic carbocycles. The third-order valence-corrected chi connectivity index (χ3v) is 3.69. The van der Waals surface area contributed by atoms with Crippen molar-refractivity contribution in [1.29, 1.82) is 5.26 Å². The van der Waals surface area contributed by atoms with Crippen molar-refractivity contribution in [2.45, 2.75) is 38.8 Å². The van der Waals surface area contributed by atoms with E-state index in [1.54, 1.807) is 12.3 Å². The molecule has 2 heterocycles. The van der Waals surface area contributed by atoms with Crippen LogP contribution >= 0.6 is 0 Å². The number of nitrogens with zero attached hydrogens (tertiary/aromatic N) is 3. The summed E-state index contributed by atoms with van der Waals surface area (Å²) in [4.78, 5) is 6.52. The molecule has 4 heteroatoms. The quantitative estimate of drug-likeness (QED) is 0.882. The molecule has 0 radical (unpaired) electrons. The van der Waals surface area contributed by atoms with Crippen LogP contribution in [-0.2, 0) is 0 Å². The van der Waals surface area contributed by atoms with Crippen molar-refractivity contribution in [2.75, 3.05) is 18.0 Å². The largest absolute Gasteiger partial charge is 0.363 e. The average Bonchev–Trinajstić information content (AvgIpc) is 2.46. The molecule has 1 aromatic rings. The minimum Gasteiger partial charge on any atom is -0.363 e. The zero-order valence-corrected chi connectivity index (χ0v) is 11.1. The van der Waals surface area contributed by atoms with Crippen LogP contribution in [0.1, 0.15) is 32.3 Å². The maximum atomic E-state index is 9.21. The summed E-state index contributed by atoms with van der Waals surface area (Å²) in [5.41, 5.74) is 1.70. The van der Waals surface area contributed by atoms with Gasteiger partial charge in [-0.05, 0) is 18.9 Å². The summed E-state index contributed by atoms with van der Waals surface area (Å²) in [5, 5.41) is 12.8. The number of nitrogens with one attached hydrogen (secondary N) is 1. The van der Waals surface area contributed by atoms with Gasteiger partial charge in [0, 0.05) is 31.4 Å². The lowest BCUT2D eigenvalue weighted by atomic mass is 10.0. The molecule has 4 nitrogen and oxygen atoms in total. The number of nitriles is 1. The van der Waals surface area contributed by atoms with Crippen molar-refractivity contribution >= 4 is 5.69 Å². The van der Waals surface area contributed by atoms with Crippen LogP contribution < -0.4 is 10.2 Å². The van der Waals surface area contributed by atoms with Gasteiger partial charge >= 0.3 is 0 Å². The van der Waals surface area contributed by atoms with Crippen LogP contribution in [0.3, 0.4) is 0 Å². The highest BCUT2D eigenvalue weighted by molar-refractivity contribution is 5.58. The summed E-state index contributed by atoms with van der Waals surface area (Å²) in [6.07, 6.45) is 5.68. The molecule has 1 aromatic heterocycles. The van der Waals surface area contributed by atoms with Crippen molar-refractivity contribution < 1.29 is 0 Å². The number of hydrogen-bond acceptors (Lipinski definition) is 4. The van der Waals surface area contributed by atoms with E-state index in [1.165, 1.54) is 0 Å². The first kappa shape index (κ1) is 12.8. The normalized spacial score (nSPS) is 23.7. The minimum atomic E-state index is 0.448. The van der Waals surface area contributed by atoms with Crippen molar-refractivity contribution in [2.24, 2.45) is 0 Å². The highest BCUT2D eigenvalue weighted by Gasteiger charge is 2.27. The first-order chi connectivity index (χ1) is 8.80. The molecule has 2 unspecified atom stereocenters. The number of anilines is 1. The molecule has 1 aliphatic heterocycles. The van der Waals surface area contributed by atoms with Crippen LogP contribution in [0, 0.1) is 11.3 Å². The molecule has 96 valence electrons. The second-order valence-corrected chi connectivity index (χ2v) is 4.73. The van der Waals surface area contributed by atoms with Gasteiger partial charge in [-0.25, -0.2) is 0 Å². The van der Waals surface area contributed by atoms with Crippen molar-refractivity contribution in [3.8, 4) is 6.07 Å². The Morgan fingerprint density at radius 1 is 1.50 bits per heavy atom. The van der Waals surface area contributed by atoms with Gasteiger partial charge in [0.2, 0.25) is 0 Å². The van der Waals surface area contributed by atoms with E-state index in [1.807, 2.05) is 6.20 Å². The molecule has 18 heavy (non-hydrogen) atoms. The van der Waals surface area contributed by atoms with Crippen molar-refractivity contribution in [3.63, 3.8) is 0 Å². The Balaban J connectivity index is 2.30. The van der Waals surface area contributed by atoms with Crippen LogP contribution in [-0.4, -0.2) is 30.2 Å². The van der Waals surface area contributed by atoms with E-state index in [2.05, 4.69) is 35.1 Å². The lowest BCUT2D eigenvalue weighted by Crippen LogP contribution is -2.56. The average molecular weight is 244 g/mol. The lowest BCUT2D eigenvalue weighted by molar-refractivity contribution is 0.378. The lowest BCUT2D eigenvalue weighted by Gasteiger charge is -2.41. The third kappa shape index (κ3) is 2.46. The molecule has 0 aliphatic carbocycles. The Morgan fingerprint density at radius 2 is 2.33 bits per heavy atom. The van der Waals surface area contributed by atoms with Gasteiger partial charge in [0.15, 0.2) is 0 Å². The van der Waals surface area contributed by atoms with Crippen molar-refractivity contribution in [1.82, 2.24) is 10.3 Å². The Kier molecular flexibility index (Phi) is 4.16. The highest BCUT2D eigenvalue weighted by Crippen LogP contribution is 2.24. The monoisotopic (exact) mass is 244 g/mol. The Hall–Kier alpha value is -1.60. The number of pyridine rings is 1. The summed E-state index contributed by atoms with van der Waals surface area (Å²) in [6.45, 7) is 6.31. The maximum Gasteiger partial charge on any atom is 0.101 e. The van der Waals surface area contributed by atoms with E-state index < -0.39 is 0 Å². The molecule has 2 rings (SSSR count). The van der Waals surface area contributed by atoms with Gasteiger partial charge in [0.05, 0.1) is 17.4 Å². The fourth-order valence-electron chi connectivity index (χ4n) is 2.51. The maximum absolute atomic E-state index is 9.21. The van der Waals surface area contributed by atoms with Gasteiger partial charge in [-0.2, -0.15) is 5.26 Å². The van der Waals surface area contributed by atoms with Gasteiger partial charge in [-0.15, -0.1) is 0 Å². The van der Waals surface area contributed by atoms with Crippen LogP contribution in [0.5, 0.6) is 0 Å². The van der Waals surface area contributed by atoms with E-state index in [0.29, 0.717) is 12.1 Å². The smallest absolute Gasteiger partial charge is 0.101 e. The fourth-order valence-corrected chi connectivity index (χ4v) is 2.51. The number of rotatable bonds is 3. The van der Waals surface area contributed by atoms with E-state index in [-0.39, 0.29) is 0 Å². The molecule has 1 fully saturated rings. The van der Waals surface area contributed by atoms with E-state index >= 15 is 0 Å². The molecule has 1 N–H and O–H groups in total. The molecule has 0 bridgehead atoms. The van der Waals surface area contributed by atoms with Gasteiger partial charge in [0.1, 0.15) is 6.07 Å². The second-order valence-electron chi connectivity index (χ2n) is 4.73. The van der Waals surface area contributed by atoms with Crippen LogP contribution in [0.2, 0.25) is 0 Å². The summed E-state index contributed by atoms with van der Waals surface area (Å²) in [6, 6.07) is 5.01. The van der Waals surface area contributed by atoms with Crippen LogP contribution in [0.25, 0.3) is 0 Å². The van der Waals surface area contributed by atoms with Gasteiger partial charge < -0.3 is 10.2 Å². The number of aromatic nitrogens is 1. The van der Waals surface area contributed by atoms with Crippen LogP contribution in [0.4, 0.5) is 5.69 Å². The Bertz CT molecular complexity index is 438. The van der Waals surface area contributed by atoms with E-state index in [4.69, 9.17) is 0 Å². The first-order valence-corrected chi connectivity index (χ1v) is 6.64. The summed E-state index contributed by atoms with van der Waals surface area (Å²) in [7, 11) is 0. The van der Waals surface area contributed by atoms with Crippen molar-refractivity contribution in [3.05, 3.63) is 24.0 Å². The predicted octanol–water partition coefficient (Wildman–Crippen LogP) is 1.92. The first-order valence-electron chi connectivity index (χ1n) is 6.64. The fraction of sp³-hybridized carbons (Fsp3) is 0.571. The summed E-state index contributed by atoms with van der Waals surface area (Å²) in [5.74, 6) is 0. The topological polar surface area (TPSA) is 52.0 Å². The van der Waals surface area contributed by atoms with Crippen LogP contribution in [0.15, 0.2) is 18.5 Å². The van der Waals surface area contributed by atoms with E-state index in [0.717, 1.165) is 37.2 Å². The summed E-state index contributed by atoms with van der Waals surface area (Å²) >= 11 is 0. The third-order valence-electron chi connectivity index (χ3n) is 3.69. The Labute approximate surface area is 109 Å². The molecule has 0 amide bonds. The standard InChI is InChI=1S/C14H20N4/c1-3-12-10-18(13(4-2)8-17-12)14-9-16-6-5-11(14)7-15/h5-6,9,12-13,17H,3-4,8,10H2,1-2H3. The van der Waals surface area contributed by atoms with Gasteiger partial charge in [-0.3, -0.25) is 4.98 Å². The van der Waals surface area contributed by atoms with E-state index in [9.17, 15) is 5.26 Å². The molecule has 0 spiro atoms. The zero-order chi connectivity index (χ0) is 13.0. The highest BCUT2D eigenvalue weighted by atomic mass is 15.2. The summed E-state index contributed by atoms with van der Waals surface area (Å²) < 4.78 is 0. The molecular weight excluding hydrogens is 224 g/mol.